The molecule has 0 aliphatic carbocycles. The molecule has 0 saturated carbocycles. The van der Waals surface area contributed by atoms with Gasteiger partial charge in [-0.15, -0.1) is 0 Å². The van der Waals surface area contributed by atoms with Crippen LogP contribution >= 0.6 is 0 Å². The number of fused-ring (bicyclic) bond motifs is 3. The second kappa shape index (κ2) is 10.4. The molecule has 0 atom stereocenters. The fourth-order valence-corrected chi connectivity index (χ4v) is 3.89. The fourth-order valence-electron chi connectivity index (χ4n) is 3.89. The smallest absolute Gasteiger partial charge is 0.0859 e. The highest BCUT2D eigenvalue weighted by Gasteiger charge is 2.13. The summed E-state index contributed by atoms with van der Waals surface area (Å²) in [5.41, 5.74) is 12.4. The number of benzene rings is 2. The van der Waals surface area contributed by atoms with E-state index in [4.69, 9.17) is 5.73 Å². The van der Waals surface area contributed by atoms with Crippen molar-refractivity contribution in [2.24, 2.45) is 10.7 Å². The van der Waals surface area contributed by atoms with E-state index in [-0.39, 0.29) is 0 Å². The number of rotatable bonds is 7. The van der Waals surface area contributed by atoms with Gasteiger partial charge in [0.25, 0.3) is 0 Å². The molecular weight excluding hydrogens is 404 g/mol. The molecule has 0 unspecified atom stereocenters. The number of aliphatic imine (C=N–C) groups is 1. The third-order valence-corrected chi connectivity index (χ3v) is 5.41. The van der Waals surface area contributed by atoms with E-state index in [0.29, 0.717) is 5.70 Å². The van der Waals surface area contributed by atoms with Gasteiger partial charge in [-0.3, -0.25) is 9.98 Å². The number of nitrogens with zero attached hydrogens (tertiary/aromatic N) is 3. The first kappa shape index (κ1) is 22.0. The van der Waals surface area contributed by atoms with Gasteiger partial charge in [0.1, 0.15) is 0 Å². The monoisotopic (exact) mass is 432 g/mol. The van der Waals surface area contributed by atoms with Crippen molar-refractivity contribution in [2.75, 3.05) is 7.05 Å². The predicted molar refractivity (Wildman–Crippen MR) is 142 cm³/mol. The van der Waals surface area contributed by atoms with Gasteiger partial charge in [0.05, 0.1) is 22.4 Å². The lowest BCUT2D eigenvalue weighted by Gasteiger charge is -2.11. The van der Waals surface area contributed by atoms with Gasteiger partial charge in [-0.25, -0.2) is 0 Å². The van der Waals surface area contributed by atoms with Gasteiger partial charge >= 0.3 is 0 Å². The summed E-state index contributed by atoms with van der Waals surface area (Å²) in [5, 5.41) is 2.46. The Morgan fingerprint density at radius 1 is 0.970 bits per heavy atom. The maximum Gasteiger partial charge on any atom is 0.0859 e. The summed E-state index contributed by atoms with van der Waals surface area (Å²) in [5.74, 6) is 0. The average Bonchev–Trinajstić information content (AvgIpc) is 3.16. The number of nitrogens with two attached hydrogens (primary N) is 1. The summed E-state index contributed by atoms with van der Waals surface area (Å²) in [7, 11) is 1.76. The Morgan fingerprint density at radius 2 is 1.79 bits per heavy atom. The summed E-state index contributed by atoms with van der Waals surface area (Å²) in [6, 6.07) is 20.9. The third-order valence-electron chi connectivity index (χ3n) is 5.41. The Labute approximate surface area is 194 Å². The lowest BCUT2D eigenvalue weighted by molar-refractivity contribution is 1.20. The van der Waals surface area contributed by atoms with Crippen molar-refractivity contribution in [1.29, 1.82) is 0 Å². The van der Waals surface area contributed by atoms with Crippen molar-refractivity contribution >= 4 is 39.4 Å². The van der Waals surface area contributed by atoms with E-state index in [2.05, 4.69) is 76.1 Å². The fraction of sp³-hybridized carbons (Fsp3) is 0.103. The first-order valence-electron chi connectivity index (χ1n) is 11.0. The molecule has 0 amide bonds. The highest BCUT2D eigenvalue weighted by molar-refractivity contribution is 6.10. The molecular formula is C29H28N4. The lowest BCUT2D eigenvalue weighted by atomic mass is 10.1. The SMILES string of the molecule is CN=C/C=C\C=C\C/C=C(\C=C(/N)c1ccccn1)n1c2ccccc2c2cc(C)ccc21. The zero-order valence-corrected chi connectivity index (χ0v) is 19.0. The van der Waals surface area contributed by atoms with Crippen molar-refractivity contribution < 1.29 is 0 Å². The molecule has 0 aliphatic rings. The first-order chi connectivity index (χ1) is 16.2. The predicted octanol–water partition coefficient (Wildman–Crippen LogP) is 6.54. The second-order valence-electron chi connectivity index (χ2n) is 7.77. The molecule has 2 aromatic heterocycles. The molecule has 4 heteroatoms. The zero-order valence-electron chi connectivity index (χ0n) is 19.0. The number of hydrogen-bond donors (Lipinski definition) is 1. The van der Waals surface area contributed by atoms with E-state index in [0.717, 1.165) is 28.8 Å². The summed E-state index contributed by atoms with van der Waals surface area (Å²) < 4.78 is 2.29. The number of aryl methyl sites for hydroxylation is 1. The highest BCUT2D eigenvalue weighted by atomic mass is 15.0. The quantitative estimate of drug-likeness (QED) is 0.266. The average molecular weight is 433 g/mol. The molecule has 2 heterocycles. The molecule has 0 spiro atoms. The van der Waals surface area contributed by atoms with Crippen LogP contribution in [0.15, 0.2) is 108 Å². The van der Waals surface area contributed by atoms with Crippen molar-refractivity contribution in [3.05, 3.63) is 115 Å². The number of pyridine rings is 1. The van der Waals surface area contributed by atoms with Crippen molar-refractivity contribution in [3.8, 4) is 0 Å². The maximum absolute atomic E-state index is 6.50. The van der Waals surface area contributed by atoms with Crippen LogP contribution < -0.4 is 5.73 Å². The van der Waals surface area contributed by atoms with Gasteiger partial charge < -0.3 is 10.3 Å². The van der Waals surface area contributed by atoms with Gasteiger partial charge in [-0.1, -0.05) is 60.2 Å². The summed E-state index contributed by atoms with van der Waals surface area (Å²) in [4.78, 5) is 8.37. The van der Waals surface area contributed by atoms with Gasteiger partial charge in [0.15, 0.2) is 0 Å². The maximum atomic E-state index is 6.50. The molecule has 0 radical (unpaired) electrons. The minimum Gasteiger partial charge on any atom is -0.397 e. The van der Waals surface area contributed by atoms with E-state index >= 15 is 0 Å². The van der Waals surface area contributed by atoms with Gasteiger partial charge in [0, 0.05) is 35.9 Å². The van der Waals surface area contributed by atoms with E-state index in [1.54, 1.807) is 19.5 Å². The van der Waals surface area contributed by atoms with Gasteiger partial charge in [0.2, 0.25) is 0 Å². The normalized spacial score (nSPS) is 13.4. The second-order valence-corrected chi connectivity index (χ2v) is 7.77. The van der Waals surface area contributed by atoms with Crippen molar-refractivity contribution in [2.45, 2.75) is 13.3 Å². The van der Waals surface area contributed by atoms with Crippen LogP contribution in [0.1, 0.15) is 17.7 Å². The summed E-state index contributed by atoms with van der Waals surface area (Å²) >= 11 is 0. The van der Waals surface area contributed by atoms with Crippen LogP contribution in [0.2, 0.25) is 0 Å². The number of para-hydroxylation sites is 1. The number of hydrogen-bond acceptors (Lipinski definition) is 3. The Bertz CT molecular complexity index is 1400. The van der Waals surface area contributed by atoms with Crippen LogP contribution in [0.4, 0.5) is 0 Å². The van der Waals surface area contributed by atoms with Gasteiger partial charge in [-0.2, -0.15) is 0 Å². The molecule has 0 aliphatic heterocycles. The topological polar surface area (TPSA) is 56.2 Å². The standard InChI is InChI=1S/C29H28N4/c1-22-16-17-29-25(20-22)24-13-7-8-15-28(24)33(29)23(12-6-4-3-5-10-18-31-2)21-26(30)27-14-9-11-19-32-27/h3-5,7-21H,6,30H2,1-2H3/b4-3+,10-5-,23-12+,26-21-,31-18?. The molecule has 2 aromatic carbocycles. The molecule has 4 rings (SSSR count). The number of aromatic nitrogens is 2. The van der Waals surface area contributed by atoms with Crippen molar-refractivity contribution in [1.82, 2.24) is 9.55 Å². The molecule has 2 N–H and O–H groups in total. The van der Waals surface area contributed by atoms with Crippen LogP contribution in [0.3, 0.4) is 0 Å². The van der Waals surface area contributed by atoms with E-state index in [9.17, 15) is 0 Å². The molecule has 0 saturated heterocycles. The molecule has 33 heavy (non-hydrogen) atoms. The Kier molecular flexibility index (Phi) is 6.96. The van der Waals surface area contributed by atoms with Crippen LogP contribution in [-0.4, -0.2) is 22.8 Å². The molecule has 0 fully saturated rings. The first-order valence-corrected chi connectivity index (χ1v) is 11.0. The molecule has 164 valence electrons. The van der Waals surface area contributed by atoms with E-state index in [1.165, 1.54) is 16.3 Å². The Balaban J connectivity index is 1.86. The van der Waals surface area contributed by atoms with Crippen LogP contribution in [0, 0.1) is 6.92 Å². The zero-order chi connectivity index (χ0) is 23.0. The largest absolute Gasteiger partial charge is 0.397 e. The van der Waals surface area contributed by atoms with Crippen LogP contribution in [-0.2, 0) is 0 Å². The number of allylic oxidation sites excluding steroid dienone is 7. The molecule has 4 aromatic rings. The molecule has 4 nitrogen and oxygen atoms in total. The highest BCUT2D eigenvalue weighted by Crippen LogP contribution is 2.33. The van der Waals surface area contributed by atoms with Crippen LogP contribution in [0.5, 0.6) is 0 Å². The lowest BCUT2D eigenvalue weighted by Crippen LogP contribution is -2.02. The van der Waals surface area contributed by atoms with E-state index < -0.39 is 0 Å². The van der Waals surface area contributed by atoms with Crippen LogP contribution in [0.25, 0.3) is 33.2 Å². The Morgan fingerprint density at radius 3 is 2.61 bits per heavy atom. The summed E-state index contributed by atoms with van der Waals surface area (Å²) in [6.45, 7) is 2.13. The third kappa shape index (κ3) is 5.01. The summed E-state index contributed by atoms with van der Waals surface area (Å²) in [6.07, 6.45) is 16.5. The Hall–Kier alpha value is -4.18. The minimum atomic E-state index is 0.628. The van der Waals surface area contributed by atoms with Crippen molar-refractivity contribution in [3.63, 3.8) is 0 Å². The molecule has 0 bridgehead atoms. The van der Waals surface area contributed by atoms with E-state index in [1.807, 2.05) is 42.5 Å². The minimum absolute atomic E-state index is 0.628. The van der Waals surface area contributed by atoms with Gasteiger partial charge in [-0.05, 0) is 55.8 Å².